The van der Waals surface area contributed by atoms with Gasteiger partial charge in [0.15, 0.2) is 12.6 Å². The van der Waals surface area contributed by atoms with Crippen molar-refractivity contribution in [3.8, 4) is 0 Å². The number of halogens is 4. The Bertz CT molecular complexity index is 511. The molecule has 0 aromatic heterocycles. The summed E-state index contributed by atoms with van der Waals surface area (Å²) in [5.74, 6) is -2.13. The molecule has 1 unspecified atom stereocenters. The van der Waals surface area contributed by atoms with Gasteiger partial charge in [-0.25, -0.2) is 9.59 Å². The Morgan fingerprint density at radius 1 is 0.952 bits per heavy atom. The molecule has 1 atom stereocenters. The van der Waals surface area contributed by atoms with Gasteiger partial charge in [-0.05, 0) is 6.92 Å². The molecule has 0 N–H and O–H groups in total. The Morgan fingerprint density at radius 2 is 1.38 bits per heavy atom. The van der Waals surface area contributed by atoms with Crippen LogP contribution in [0.15, 0.2) is 20.1 Å². The predicted molar refractivity (Wildman–Crippen MR) is 76.1 cm³/mol. The largest absolute Gasteiger partial charge is 0.457 e. The van der Waals surface area contributed by atoms with Crippen molar-refractivity contribution < 1.29 is 28.7 Å². The predicted octanol–water partition coefficient (Wildman–Crippen LogP) is 2.24. The number of hydrogen-bond acceptors (Lipinski definition) is 6. The number of allylic oxidation sites excluding steroid dienone is 2. The van der Waals surface area contributed by atoms with Crippen LogP contribution in [0.3, 0.4) is 0 Å². The van der Waals surface area contributed by atoms with Gasteiger partial charge in [-0.3, -0.25) is 9.59 Å². The fourth-order valence-electron chi connectivity index (χ4n) is 0.823. The van der Waals surface area contributed by atoms with Gasteiger partial charge in [0.2, 0.25) is 0 Å². The highest BCUT2D eigenvalue weighted by atomic mass is 35.5. The molecular formula is C11H8Cl4O6. The maximum atomic E-state index is 11.4. The molecule has 0 rings (SSSR count). The topological polar surface area (TPSA) is 86.7 Å². The third-order valence-electron chi connectivity index (χ3n) is 1.74. The van der Waals surface area contributed by atoms with Crippen molar-refractivity contribution in [1.29, 1.82) is 0 Å². The van der Waals surface area contributed by atoms with E-state index in [2.05, 4.69) is 4.74 Å². The minimum absolute atomic E-state index is 0.167. The van der Waals surface area contributed by atoms with Gasteiger partial charge in [-0.2, -0.15) is 0 Å². The number of carbonyl (C=O) groups is 4. The number of esters is 2. The molecule has 116 valence electrons. The van der Waals surface area contributed by atoms with Crippen LogP contribution in [0.1, 0.15) is 6.92 Å². The normalized spacial score (nSPS) is 14.3. The molecule has 0 heterocycles. The van der Waals surface area contributed by atoms with Crippen LogP contribution in [0.25, 0.3) is 0 Å². The van der Waals surface area contributed by atoms with Gasteiger partial charge in [-0.1, -0.05) is 46.4 Å². The zero-order valence-corrected chi connectivity index (χ0v) is 13.4. The second-order valence-electron chi connectivity index (χ2n) is 3.37. The van der Waals surface area contributed by atoms with Crippen LogP contribution in [0.4, 0.5) is 0 Å². The second kappa shape index (κ2) is 9.78. The average Bonchev–Trinajstić information content (AvgIpc) is 2.48. The molecule has 6 nitrogen and oxygen atoms in total. The quantitative estimate of drug-likeness (QED) is 0.384. The minimum atomic E-state index is -1.07. The standard InChI is InChI=1S/C11H8Cl4O6/c1-5(21-11(19)9(15)7(13)3-17)4-20-10(18)8(14)6(12)2-16/h2-3,5H,4H2,1H3/b8-6+,9-7+. The van der Waals surface area contributed by atoms with E-state index in [-0.39, 0.29) is 19.2 Å². The molecule has 0 amide bonds. The lowest BCUT2D eigenvalue weighted by Gasteiger charge is -2.13. The zero-order chi connectivity index (χ0) is 16.6. The molecular weight excluding hydrogens is 370 g/mol. The van der Waals surface area contributed by atoms with E-state index in [1.165, 1.54) is 6.92 Å². The van der Waals surface area contributed by atoms with Crippen molar-refractivity contribution >= 4 is 70.9 Å². The first-order chi connectivity index (χ1) is 9.74. The Morgan fingerprint density at radius 3 is 1.81 bits per heavy atom. The first-order valence-corrected chi connectivity index (χ1v) is 6.64. The maximum absolute atomic E-state index is 11.4. The van der Waals surface area contributed by atoms with E-state index in [1.807, 2.05) is 0 Å². The van der Waals surface area contributed by atoms with Crippen molar-refractivity contribution in [1.82, 2.24) is 0 Å². The van der Waals surface area contributed by atoms with E-state index in [4.69, 9.17) is 51.1 Å². The molecule has 0 spiro atoms. The van der Waals surface area contributed by atoms with Crippen LogP contribution in [-0.4, -0.2) is 37.2 Å². The number of aldehydes is 2. The molecule has 10 heteroatoms. The molecule has 0 saturated carbocycles. The lowest BCUT2D eigenvalue weighted by Crippen LogP contribution is -2.23. The van der Waals surface area contributed by atoms with E-state index in [9.17, 15) is 19.2 Å². The van der Waals surface area contributed by atoms with Crippen LogP contribution in [0, 0.1) is 0 Å². The van der Waals surface area contributed by atoms with Gasteiger partial charge in [-0.15, -0.1) is 0 Å². The SMILES string of the molecule is CC(COC(=O)/C(Cl)=C(\Cl)C=O)OC(=O)/C(Cl)=C(\Cl)C=O. The monoisotopic (exact) mass is 376 g/mol. The number of hydrogen-bond donors (Lipinski definition) is 0. The summed E-state index contributed by atoms with van der Waals surface area (Å²) in [6, 6.07) is 0. The summed E-state index contributed by atoms with van der Waals surface area (Å²) >= 11 is 21.5. The summed E-state index contributed by atoms with van der Waals surface area (Å²) in [6.45, 7) is 0.996. The minimum Gasteiger partial charge on any atom is -0.457 e. The fraction of sp³-hybridized carbons (Fsp3) is 0.273. The Labute approximate surface area is 139 Å². The molecule has 0 aliphatic rings. The van der Waals surface area contributed by atoms with Gasteiger partial charge in [0.25, 0.3) is 0 Å². The zero-order valence-electron chi connectivity index (χ0n) is 10.4. The smallest absolute Gasteiger partial charge is 0.351 e. The molecule has 0 aliphatic heterocycles. The molecule has 0 aromatic rings. The number of carbonyl (C=O) groups excluding carboxylic acids is 4. The van der Waals surface area contributed by atoms with Crippen LogP contribution >= 0.6 is 46.4 Å². The van der Waals surface area contributed by atoms with E-state index in [0.717, 1.165) is 0 Å². The highest BCUT2D eigenvalue weighted by molar-refractivity contribution is 6.52. The highest BCUT2D eigenvalue weighted by Gasteiger charge is 2.19. The molecule has 0 fully saturated rings. The van der Waals surface area contributed by atoms with Crippen LogP contribution in [0.2, 0.25) is 0 Å². The van der Waals surface area contributed by atoms with Crippen molar-refractivity contribution in [3.63, 3.8) is 0 Å². The van der Waals surface area contributed by atoms with Crippen LogP contribution in [0.5, 0.6) is 0 Å². The summed E-state index contributed by atoms with van der Waals surface area (Å²) in [7, 11) is 0. The lowest BCUT2D eigenvalue weighted by atomic mass is 10.4. The van der Waals surface area contributed by atoms with Crippen molar-refractivity contribution in [2.24, 2.45) is 0 Å². The molecule has 0 aliphatic carbocycles. The second-order valence-corrected chi connectivity index (χ2v) is 4.94. The molecule has 0 radical (unpaired) electrons. The van der Waals surface area contributed by atoms with Gasteiger partial charge >= 0.3 is 11.9 Å². The average molecular weight is 378 g/mol. The van der Waals surface area contributed by atoms with E-state index >= 15 is 0 Å². The molecule has 0 bridgehead atoms. The maximum Gasteiger partial charge on any atom is 0.351 e. The van der Waals surface area contributed by atoms with Crippen molar-refractivity contribution in [2.45, 2.75) is 13.0 Å². The summed E-state index contributed by atoms with van der Waals surface area (Å²) in [6.07, 6.45) is -0.576. The summed E-state index contributed by atoms with van der Waals surface area (Å²) in [4.78, 5) is 43.3. The Balaban J connectivity index is 4.51. The number of rotatable bonds is 7. The third kappa shape index (κ3) is 6.95. The summed E-state index contributed by atoms with van der Waals surface area (Å²) < 4.78 is 9.39. The fourth-order valence-corrected chi connectivity index (χ4v) is 1.17. The Hall–Kier alpha value is -1.08. The van der Waals surface area contributed by atoms with Gasteiger partial charge < -0.3 is 9.47 Å². The van der Waals surface area contributed by atoms with Crippen molar-refractivity contribution in [3.05, 3.63) is 20.1 Å². The molecule has 0 saturated heterocycles. The highest BCUT2D eigenvalue weighted by Crippen LogP contribution is 2.16. The van der Waals surface area contributed by atoms with Gasteiger partial charge in [0, 0.05) is 0 Å². The van der Waals surface area contributed by atoms with Gasteiger partial charge in [0.05, 0.1) is 0 Å². The first kappa shape index (κ1) is 19.9. The van der Waals surface area contributed by atoms with Gasteiger partial charge in [0.1, 0.15) is 32.8 Å². The Kier molecular flexibility index (Phi) is 9.28. The summed E-state index contributed by atoms with van der Waals surface area (Å²) in [5.41, 5.74) is 0. The molecule has 21 heavy (non-hydrogen) atoms. The molecule has 0 aromatic carbocycles. The van der Waals surface area contributed by atoms with E-state index in [1.54, 1.807) is 0 Å². The van der Waals surface area contributed by atoms with Crippen molar-refractivity contribution in [2.75, 3.05) is 6.61 Å². The number of ether oxygens (including phenoxy) is 2. The lowest BCUT2D eigenvalue weighted by molar-refractivity contribution is -0.152. The van der Waals surface area contributed by atoms with E-state index < -0.39 is 38.2 Å². The summed E-state index contributed by atoms with van der Waals surface area (Å²) in [5, 5.41) is -2.25. The first-order valence-electron chi connectivity index (χ1n) is 5.13. The van der Waals surface area contributed by atoms with E-state index in [0.29, 0.717) is 0 Å². The van der Waals surface area contributed by atoms with Crippen LogP contribution in [-0.2, 0) is 28.7 Å². The third-order valence-corrected chi connectivity index (χ3v) is 3.21. The van der Waals surface area contributed by atoms with Crippen LogP contribution < -0.4 is 0 Å².